The smallest absolute Gasteiger partial charge is 0.157 e. The second-order valence-electron chi connectivity index (χ2n) is 5.79. The molecule has 0 saturated heterocycles. The second-order valence-corrected chi connectivity index (χ2v) is 8.24. The van der Waals surface area contributed by atoms with Gasteiger partial charge in [-0.25, -0.2) is 8.42 Å². The molecule has 1 rings (SSSR count). The van der Waals surface area contributed by atoms with Crippen LogP contribution in [0.1, 0.15) is 72.1 Å². The Bertz CT molecular complexity index is 334. The van der Waals surface area contributed by atoms with E-state index in [9.17, 15) is 8.42 Å². The van der Waals surface area contributed by atoms with Gasteiger partial charge in [0.05, 0.1) is 10.5 Å². The Morgan fingerprint density at radius 1 is 1.11 bits per heavy atom. The molecule has 2 unspecified atom stereocenters. The Morgan fingerprint density at radius 2 is 1.74 bits per heavy atom. The molecule has 0 aromatic rings. The van der Waals surface area contributed by atoms with E-state index in [1.807, 2.05) is 6.92 Å². The van der Waals surface area contributed by atoms with E-state index in [0.29, 0.717) is 0 Å². The van der Waals surface area contributed by atoms with E-state index < -0.39 is 9.84 Å². The lowest BCUT2D eigenvalue weighted by Gasteiger charge is -2.29. The molecule has 0 aromatic heterocycles. The molecule has 19 heavy (non-hydrogen) atoms. The zero-order chi connectivity index (χ0) is 14.3. The predicted molar refractivity (Wildman–Crippen MR) is 82.2 cm³/mol. The van der Waals surface area contributed by atoms with Crippen molar-refractivity contribution in [2.45, 2.75) is 88.7 Å². The highest BCUT2D eigenvalue weighted by Crippen LogP contribution is 2.30. The lowest BCUT2D eigenvalue weighted by atomic mass is 10.1. The summed E-state index contributed by atoms with van der Waals surface area (Å²) in [7, 11) is -2.97. The molecular weight excluding hydrogens is 258 g/mol. The van der Waals surface area contributed by atoms with E-state index in [2.05, 4.69) is 19.2 Å². The molecule has 2 atom stereocenters. The van der Waals surface area contributed by atoms with Crippen molar-refractivity contribution in [3.05, 3.63) is 0 Å². The maximum absolute atomic E-state index is 12.8. The fraction of sp³-hybridized carbons (Fsp3) is 1.00. The summed E-state index contributed by atoms with van der Waals surface area (Å²) in [6.45, 7) is 7.20. The van der Waals surface area contributed by atoms with Crippen LogP contribution in [-0.2, 0) is 9.84 Å². The molecule has 0 aliphatic heterocycles. The van der Waals surface area contributed by atoms with Gasteiger partial charge in [-0.05, 0) is 38.6 Å². The summed E-state index contributed by atoms with van der Waals surface area (Å²) in [5.41, 5.74) is 0. The van der Waals surface area contributed by atoms with Crippen LogP contribution in [0.25, 0.3) is 0 Å². The molecule has 0 radical (unpaired) electrons. The van der Waals surface area contributed by atoms with Gasteiger partial charge in [-0.1, -0.05) is 40.0 Å². The third-order valence-corrected chi connectivity index (χ3v) is 7.20. The molecule has 1 aliphatic carbocycles. The minimum Gasteiger partial charge on any atom is -0.313 e. The minimum atomic E-state index is -2.97. The van der Waals surface area contributed by atoms with Crippen molar-refractivity contribution in [3.8, 4) is 0 Å². The second kappa shape index (κ2) is 8.25. The average molecular weight is 289 g/mol. The number of hydrogen-bond acceptors (Lipinski definition) is 3. The first-order valence-electron chi connectivity index (χ1n) is 8.03. The third-order valence-electron chi connectivity index (χ3n) is 4.30. The lowest BCUT2D eigenvalue weighted by molar-refractivity contribution is 0.433. The molecule has 1 saturated carbocycles. The summed E-state index contributed by atoms with van der Waals surface area (Å²) in [4.78, 5) is 0. The monoisotopic (exact) mass is 289 g/mol. The van der Waals surface area contributed by atoms with Gasteiger partial charge in [0, 0.05) is 6.04 Å². The topological polar surface area (TPSA) is 46.2 Å². The van der Waals surface area contributed by atoms with Crippen LogP contribution in [0.15, 0.2) is 0 Å². The van der Waals surface area contributed by atoms with Gasteiger partial charge in [0.2, 0.25) is 0 Å². The largest absolute Gasteiger partial charge is 0.313 e. The van der Waals surface area contributed by atoms with Crippen molar-refractivity contribution in [2.75, 3.05) is 6.54 Å². The quantitative estimate of drug-likeness (QED) is 0.708. The zero-order valence-corrected chi connectivity index (χ0v) is 13.6. The van der Waals surface area contributed by atoms with E-state index >= 15 is 0 Å². The standard InChI is InChI=1S/C15H31NO2S/c1-4-9-14(16-12-5-2)15(6-3)19(17,18)13-10-7-8-11-13/h13-16H,4-12H2,1-3H3. The molecule has 1 fully saturated rings. The van der Waals surface area contributed by atoms with Crippen LogP contribution in [0.5, 0.6) is 0 Å². The minimum absolute atomic E-state index is 0.0692. The molecule has 0 spiro atoms. The maximum atomic E-state index is 12.8. The van der Waals surface area contributed by atoms with Gasteiger partial charge in [0.25, 0.3) is 0 Å². The highest BCUT2D eigenvalue weighted by atomic mass is 32.2. The van der Waals surface area contributed by atoms with Gasteiger partial charge in [0.1, 0.15) is 0 Å². The zero-order valence-electron chi connectivity index (χ0n) is 12.8. The third kappa shape index (κ3) is 4.45. The Kier molecular flexibility index (Phi) is 7.37. The first-order valence-corrected chi connectivity index (χ1v) is 9.64. The van der Waals surface area contributed by atoms with Gasteiger partial charge in [-0.2, -0.15) is 0 Å². The van der Waals surface area contributed by atoms with E-state index in [1.54, 1.807) is 0 Å². The predicted octanol–water partition coefficient (Wildman–Crippen LogP) is 3.29. The molecule has 1 N–H and O–H groups in total. The molecule has 114 valence electrons. The number of hydrogen-bond donors (Lipinski definition) is 1. The van der Waals surface area contributed by atoms with Crippen molar-refractivity contribution in [1.29, 1.82) is 0 Å². The van der Waals surface area contributed by atoms with Crippen molar-refractivity contribution in [3.63, 3.8) is 0 Å². The summed E-state index contributed by atoms with van der Waals surface area (Å²) >= 11 is 0. The SMILES string of the molecule is CCCNC(CCC)C(CC)S(=O)(=O)C1CCCC1. The van der Waals surface area contributed by atoms with Crippen molar-refractivity contribution < 1.29 is 8.42 Å². The number of nitrogens with one attached hydrogen (secondary N) is 1. The summed E-state index contributed by atoms with van der Waals surface area (Å²) in [6, 6.07) is 0.139. The van der Waals surface area contributed by atoms with Crippen LogP contribution in [0.2, 0.25) is 0 Å². The fourth-order valence-corrected chi connectivity index (χ4v) is 5.91. The van der Waals surface area contributed by atoms with Crippen molar-refractivity contribution in [2.24, 2.45) is 0 Å². The first kappa shape index (κ1) is 17.0. The van der Waals surface area contributed by atoms with E-state index in [-0.39, 0.29) is 16.5 Å². The Hall–Kier alpha value is -0.0900. The molecule has 0 aromatic carbocycles. The van der Waals surface area contributed by atoms with Crippen molar-refractivity contribution in [1.82, 2.24) is 5.32 Å². The number of sulfone groups is 1. The van der Waals surface area contributed by atoms with Gasteiger partial charge in [0.15, 0.2) is 9.84 Å². The van der Waals surface area contributed by atoms with Crippen LogP contribution in [0.4, 0.5) is 0 Å². The van der Waals surface area contributed by atoms with E-state index in [4.69, 9.17) is 0 Å². The van der Waals surface area contributed by atoms with Gasteiger partial charge < -0.3 is 5.32 Å². The normalized spacial score (nSPS) is 20.6. The number of rotatable bonds is 9. The first-order chi connectivity index (χ1) is 9.07. The van der Waals surface area contributed by atoms with Crippen molar-refractivity contribution >= 4 is 9.84 Å². The van der Waals surface area contributed by atoms with Gasteiger partial charge in [-0.15, -0.1) is 0 Å². The van der Waals surface area contributed by atoms with E-state index in [0.717, 1.165) is 57.9 Å². The van der Waals surface area contributed by atoms with Crippen LogP contribution in [0, 0.1) is 0 Å². The molecule has 0 bridgehead atoms. The molecule has 1 aliphatic rings. The Morgan fingerprint density at radius 3 is 2.21 bits per heavy atom. The molecule has 3 nitrogen and oxygen atoms in total. The lowest BCUT2D eigenvalue weighted by Crippen LogP contribution is -2.46. The fourth-order valence-electron chi connectivity index (χ4n) is 3.27. The Labute approximate surface area is 119 Å². The maximum Gasteiger partial charge on any atom is 0.157 e. The molecule has 4 heteroatoms. The summed E-state index contributed by atoms with van der Waals surface area (Å²) in [6.07, 6.45) is 7.72. The highest BCUT2D eigenvalue weighted by molar-refractivity contribution is 7.92. The van der Waals surface area contributed by atoms with Crippen LogP contribution in [0.3, 0.4) is 0 Å². The molecule has 0 heterocycles. The van der Waals surface area contributed by atoms with Crippen LogP contribution < -0.4 is 5.32 Å². The highest BCUT2D eigenvalue weighted by Gasteiger charge is 2.38. The average Bonchev–Trinajstić information content (AvgIpc) is 2.91. The molecular formula is C15H31NO2S. The summed E-state index contributed by atoms with van der Waals surface area (Å²) < 4.78 is 25.6. The summed E-state index contributed by atoms with van der Waals surface area (Å²) in [5.74, 6) is 0. The molecule has 0 amide bonds. The van der Waals surface area contributed by atoms with Crippen LogP contribution in [-0.4, -0.2) is 31.5 Å². The Balaban J connectivity index is 2.81. The van der Waals surface area contributed by atoms with Gasteiger partial charge >= 0.3 is 0 Å². The summed E-state index contributed by atoms with van der Waals surface area (Å²) in [5, 5.41) is 3.21. The van der Waals surface area contributed by atoms with Gasteiger partial charge in [-0.3, -0.25) is 0 Å². The van der Waals surface area contributed by atoms with Crippen LogP contribution >= 0.6 is 0 Å². The van der Waals surface area contributed by atoms with E-state index in [1.165, 1.54) is 0 Å².